The van der Waals surface area contributed by atoms with E-state index in [2.05, 4.69) is 32.9 Å². The third kappa shape index (κ3) is 2.88. The van der Waals surface area contributed by atoms with E-state index >= 15 is 0 Å². The molecule has 0 amide bonds. The van der Waals surface area contributed by atoms with Gasteiger partial charge in [0.15, 0.2) is 0 Å². The lowest BCUT2D eigenvalue weighted by Gasteiger charge is -2.09. The van der Waals surface area contributed by atoms with Crippen molar-refractivity contribution in [3.05, 3.63) is 28.8 Å². The van der Waals surface area contributed by atoms with Crippen molar-refractivity contribution in [1.82, 2.24) is 0 Å². The molecule has 0 unspecified atom stereocenters. The van der Waals surface area contributed by atoms with Crippen LogP contribution in [0.1, 0.15) is 23.6 Å². The van der Waals surface area contributed by atoms with E-state index in [0.717, 1.165) is 0 Å². The maximum absolute atomic E-state index is 10.9. The highest BCUT2D eigenvalue weighted by Gasteiger charge is 2.05. The number of hydrogen-bond acceptors (Lipinski definition) is 2. The summed E-state index contributed by atoms with van der Waals surface area (Å²) in [4.78, 5) is 12.1. The first kappa shape index (κ1) is 11.3. The minimum absolute atomic E-state index is 0.231. The largest absolute Gasteiger partial charge is 0.299 e. The summed E-state index contributed by atoms with van der Waals surface area (Å²) in [6, 6.07) is 4.32. The quantitative estimate of drug-likeness (QED) is 0.709. The molecule has 0 aliphatic carbocycles. The van der Waals surface area contributed by atoms with Gasteiger partial charge in [-0.3, -0.25) is 4.79 Å². The molecule has 76 valence electrons. The van der Waals surface area contributed by atoms with Crippen molar-refractivity contribution in [2.45, 2.75) is 32.6 Å². The average Bonchev–Trinajstić information content (AvgIpc) is 2.01. The molecule has 0 aliphatic heterocycles. The van der Waals surface area contributed by atoms with Gasteiger partial charge in [-0.05, 0) is 38.8 Å². The topological polar surface area (TPSA) is 17.1 Å². The lowest BCUT2D eigenvalue weighted by atomic mass is 10.1. The molecule has 1 aromatic carbocycles. The molecule has 0 aromatic heterocycles. The van der Waals surface area contributed by atoms with E-state index in [4.69, 9.17) is 0 Å². The molecule has 0 aliphatic rings. The highest BCUT2D eigenvalue weighted by molar-refractivity contribution is 8.00. The molecule has 1 nitrogen and oxygen atoms in total. The van der Waals surface area contributed by atoms with E-state index in [9.17, 15) is 4.79 Å². The molecule has 0 saturated carbocycles. The number of hydrogen-bond donors (Lipinski definition) is 0. The van der Waals surface area contributed by atoms with Crippen LogP contribution in [0.4, 0.5) is 0 Å². The van der Waals surface area contributed by atoms with E-state index in [1.807, 2.05) is 0 Å². The monoisotopic (exact) mass is 208 g/mol. The van der Waals surface area contributed by atoms with Gasteiger partial charge in [-0.15, -0.1) is 11.8 Å². The molecule has 0 atom stereocenters. The molecule has 0 spiro atoms. The van der Waals surface area contributed by atoms with Gasteiger partial charge in [-0.2, -0.15) is 0 Å². The molecular formula is C12H16OS. The fraction of sp³-hybridized carbons (Fsp3) is 0.417. The number of carbonyl (C=O) groups excluding carboxylic acids is 1. The summed E-state index contributed by atoms with van der Waals surface area (Å²) in [7, 11) is 0. The minimum atomic E-state index is 0.231. The van der Waals surface area contributed by atoms with Crippen LogP contribution in [0.25, 0.3) is 0 Å². The van der Waals surface area contributed by atoms with Crippen molar-refractivity contribution >= 4 is 17.5 Å². The second kappa shape index (κ2) is 4.65. The maximum atomic E-state index is 10.9. The fourth-order valence-electron chi connectivity index (χ4n) is 1.57. The number of aryl methyl sites for hydroxylation is 3. The van der Waals surface area contributed by atoms with Crippen LogP contribution in [-0.4, -0.2) is 11.5 Å². The SMILES string of the molecule is CC(=O)CSc1c(C)cc(C)cc1C. The van der Waals surface area contributed by atoms with Gasteiger partial charge in [0.25, 0.3) is 0 Å². The summed E-state index contributed by atoms with van der Waals surface area (Å²) in [5.74, 6) is 0.805. The van der Waals surface area contributed by atoms with Crippen molar-refractivity contribution in [2.24, 2.45) is 0 Å². The zero-order chi connectivity index (χ0) is 10.7. The Kier molecular flexibility index (Phi) is 3.76. The van der Waals surface area contributed by atoms with Gasteiger partial charge in [0.2, 0.25) is 0 Å². The Morgan fingerprint density at radius 2 is 1.71 bits per heavy atom. The summed E-state index contributed by atoms with van der Waals surface area (Å²) >= 11 is 1.64. The minimum Gasteiger partial charge on any atom is -0.299 e. The van der Waals surface area contributed by atoms with Crippen molar-refractivity contribution in [2.75, 3.05) is 5.75 Å². The van der Waals surface area contributed by atoms with Gasteiger partial charge < -0.3 is 0 Å². The molecule has 1 rings (SSSR count). The van der Waals surface area contributed by atoms with E-state index in [-0.39, 0.29) is 5.78 Å². The Hall–Kier alpha value is -0.760. The highest BCUT2D eigenvalue weighted by Crippen LogP contribution is 2.27. The van der Waals surface area contributed by atoms with Crippen LogP contribution < -0.4 is 0 Å². The second-order valence-corrected chi connectivity index (χ2v) is 4.70. The van der Waals surface area contributed by atoms with Crippen LogP contribution in [0.2, 0.25) is 0 Å². The lowest BCUT2D eigenvalue weighted by molar-refractivity contribution is -0.114. The van der Waals surface area contributed by atoms with Crippen LogP contribution in [0, 0.1) is 20.8 Å². The van der Waals surface area contributed by atoms with Gasteiger partial charge in [0.05, 0.1) is 5.75 Å². The molecule has 0 bridgehead atoms. The summed E-state index contributed by atoms with van der Waals surface area (Å²) in [5, 5.41) is 0. The summed E-state index contributed by atoms with van der Waals surface area (Å²) in [6.45, 7) is 7.93. The van der Waals surface area contributed by atoms with Gasteiger partial charge in [0, 0.05) is 4.90 Å². The van der Waals surface area contributed by atoms with Crippen LogP contribution in [0.3, 0.4) is 0 Å². The molecular weight excluding hydrogens is 192 g/mol. The van der Waals surface area contributed by atoms with Crippen molar-refractivity contribution in [3.63, 3.8) is 0 Å². The normalized spacial score (nSPS) is 10.3. The molecule has 14 heavy (non-hydrogen) atoms. The zero-order valence-corrected chi connectivity index (χ0v) is 9.99. The maximum Gasteiger partial charge on any atom is 0.140 e. The third-order valence-corrected chi connectivity index (χ3v) is 3.51. The second-order valence-electron chi connectivity index (χ2n) is 3.72. The molecule has 0 heterocycles. The lowest BCUT2D eigenvalue weighted by Crippen LogP contribution is -1.95. The van der Waals surface area contributed by atoms with Crippen molar-refractivity contribution in [1.29, 1.82) is 0 Å². The van der Waals surface area contributed by atoms with E-state index in [0.29, 0.717) is 5.75 Å². The van der Waals surface area contributed by atoms with Crippen molar-refractivity contribution < 1.29 is 4.79 Å². The number of rotatable bonds is 3. The van der Waals surface area contributed by atoms with Crippen LogP contribution in [0.5, 0.6) is 0 Å². The number of thioether (sulfide) groups is 1. The first-order valence-electron chi connectivity index (χ1n) is 4.71. The average molecular weight is 208 g/mol. The molecule has 0 saturated heterocycles. The van der Waals surface area contributed by atoms with E-state index in [1.165, 1.54) is 21.6 Å². The summed E-state index contributed by atoms with van der Waals surface area (Å²) in [6.07, 6.45) is 0. The molecule has 0 radical (unpaired) electrons. The number of ketones is 1. The predicted octanol–water partition coefficient (Wildman–Crippen LogP) is 3.29. The van der Waals surface area contributed by atoms with Crippen molar-refractivity contribution in [3.8, 4) is 0 Å². The van der Waals surface area contributed by atoms with Gasteiger partial charge >= 0.3 is 0 Å². The molecule has 1 aromatic rings. The summed E-state index contributed by atoms with van der Waals surface area (Å²) in [5.41, 5.74) is 3.83. The van der Waals surface area contributed by atoms with Crippen LogP contribution in [-0.2, 0) is 4.79 Å². The number of carbonyl (C=O) groups is 1. The van der Waals surface area contributed by atoms with Gasteiger partial charge in [-0.25, -0.2) is 0 Å². The summed E-state index contributed by atoms with van der Waals surface area (Å²) < 4.78 is 0. The zero-order valence-electron chi connectivity index (χ0n) is 9.18. The molecule has 0 fully saturated rings. The van der Waals surface area contributed by atoms with Gasteiger partial charge in [0.1, 0.15) is 5.78 Å². The molecule has 0 N–H and O–H groups in total. The Bertz CT molecular complexity index is 332. The van der Waals surface area contributed by atoms with Crippen LogP contribution in [0.15, 0.2) is 17.0 Å². The molecule has 2 heteroatoms. The standard InChI is InChI=1S/C12H16OS/c1-8-5-9(2)12(10(3)6-8)14-7-11(4)13/h5-6H,7H2,1-4H3. The van der Waals surface area contributed by atoms with E-state index in [1.54, 1.807) is 18.7 Å². The Morgan fingerprint density at radius 1 is 1.21 bits per heavy atom. The van der Waals surface area contributed by atoms with Crippen LogP contribution >= 0.6 is 11.8 Å². The van der Waals surface area contributed by atoms with E-state index < -0.39 is 0 Å². The fourth-order valence-corrected chi connectivity index (χ4v) is 2.49. The third-order valence-electron chi connectivity index (χ3n) is 2.02. The smallest absolute Gasteiger partial charge is 0.140 e. The number of Topliss-reactive ketones (excluding diaryl/α,β-unsaturated/α-hetero) is 1. The Balaban J connectivity index is 2.91. The van der Waals surface area contributed by atoms with Gasteiger partial charge in [-0.1, -0.05) is 17.7 Å². The first-order chi connectivity index (χ1) is 6.50. The highest BCUT2D eigenvalue weighted by atomic mass is 32.2. The Morgan fingerprint density at radius 3 is 2.14 bits per heavy atom. The number of benzene rings is 1. The first-order valence-corrected chi connectivity index (χ1v) is 5.69. The Labute approximate surface area is 89.9 Å². The predicted molar refractivity (Wildman–Crippen MR) is 62.1 cm³/mol.